The molecule has 1 aliphatic rings. The number of aliphatic hydroxyl groups is 1. The molecule has 18 heavy (non-hydrogen) atoms. The molecule has 0 saturated carbocycles. The number of hydrogen-bond acceptors (Lipinski definition) is 4. The maximum Gasteiger partial charge on any atom is 0.272 e. The minimum Gasteiger partial charge on any atom is -0.393 e. The Morgan fingerprint density at radius 3 is 2.94 bits per heavy atom. The van der Waals surface area contributed by atoms with Gasteiger partial charge >= 0.3 is 0 Å². The van der Waals surface area contributed by atoms with Crippen LogP contribution in [0.25, 0.3) is 0 Å². The fourth-order valence-corrected chi connectivity index (χ4v) is 2.07. The molecule has 2 atom stereocenters. The quantitative estimate of drug-likeness (QED) is 0.793. The Hall–Kier alpha value is -1.93. The number of likely N-dealkylation sites (tertiary alicyclic amines) is 1. The van der Waals surface area contributed by atoms with Crippen molar-refractivity contribution in [2.75, 3.05) is 13.1 Å². The van der Waals surface area contributed by atoms with Crippen molar-refractivity contribution in [3.8, 4) is 6.07 Å². The fourth-order valence-electron chi connectivity index (χ4n) is 2.07. The second-order valence-electron chi connectivity index (χ2n) is 4.63. The average Bonchev–Trinajstić information content (AvgIpc) is 2.41. The smallest absolute Gasteiger partial charge is 0.272 e. The Labute approximate surface area is 106 Å². The van der Waals surface area contributed by atoms with E-state index < -0.39 is 0 Å². The number of nitrogens with zero attached hydrogens (tertiary/aromatic N) is 3. The Bertz CT molecular complexity index is 478. The van der Waals surface area contributed by atoms with E-state index in [1.54, 1.807) is 17.0 Å². The minimum atomic E-state index is -0.331. The molecule has 0 aromatic carbocycles. The first-order valence-electron chi connectivity index (χ1n) is 5.95. The highest BCUT2D eigenvalue weighted by molar-refractivity contribution is 5.92. The van der Waals surface area contributed by atoms with Gasteiger partial charge in [-0.25, -0.2) is 4.98 Å². The molecule has 2 rings (SSSR count). The predicted octanol–water partition coefficient (Wildman–Crippen LogP) is 0.796. The zero-order valence-electron chi connectivity index (χ0n) is 10.2. The Kier molecular flexibility index (Phi) is 3.58. The van der Waals surface area contributed by atoms with E-state index in [2.05, 4.69) is 4.98 Å². The van der Waals surface area contributed by atoms with Crippen molar-refractivity contribution in [3.05, 3.63) is 29.6 Å². The number of aliphatic hydroxyl groups excluding tert-OH is 1. The number of nitriles is 1. The van der Waals surface area contributed by atoms with Gasteiger partial charge in [0.15, 0.2) is 0 Å². The van der Waals surface area contributed by atoms with Gasteiger partial charge in [-0.2, -0.15) is 5.26 Å². The van der Waals surface area contributed by atoms with Crippen molar-refractivity contribution in [1.82, 2.24) is 9.88 Å². The normalized spacial score (nSPS) is 23.5. The van der Waals surface area contributed by atoms with E-state index in [1.165, 1.54) is 6.20 Å². The zero-order chi connectivity index (χ0) is 13.1. The van der Waals surface area contributed by atoms with E-state index in [0.717, 1.165) is 0 Å². The highest BCUT2D eigenvalue weighted by Gasteiger charge is 2.28. The zero-order valence-corrected chi connectivity index (χ0v) is 10.2. The van der Waals surface area contributed by atoms with E-state index in [1.807, 2.05) is 13.0 Å². The topological polar surface area (TPSA) is 77.2 Å². The van der Waals surface area contributed by atoms with Gasteiger partial charge in [-0.3, -0.25) is 4.79 Å². The standard InChI is InChI=1S/C13H15N3O2/c1-9-8-16(5-4-12(9)17)13(18)11-3-2-10(6-14)7-15-11/h2-3,7,9,12,17H,4-5,8H2,1H3. The lowest BCUT2D eigenvalue weighted by molar-refractivity contribution is 0.0294. The molecule has 0 aliphatic carbocycles. The van der Waals surface area contributed by atoms with Crippen molar-refractivity contribution in [3.63, 3.8) is 0 Å². The molecule has 1 aliphatic heterocycles. The van der Waals surface area contributed by atoms with Crippen LogP contribution in [0.3, 0.4) is 0 Å². The summed E-state index contributed by atoms with van der Waals surface area (Å²) in [4.78, 5) is 17.8. The molecule has 1 N–H and O–H groups in total. The number of carbonyl (C=O) groups is 1. The van der Waals surface area contributed by atoms with Crippen molar-refractivity contribution >= 4 is 5.91 Å². The number of carbonyl (C=O) groups excluding carboxylic acids is 1. The van der Waals surface area contributed by atoms with Gasteiger partial charge in [-0.1, -0.05) is 6.92 Å². The molecule has 5 nitrogen and oxygen atoms in total. The second kappa shape index (κ2) is 5.15. The number of piperidine rings is 1. The number of aromatic nitrogens is 1. The number of rotatable bonds is 1. The lowest BCUT2D eigenvalue weighted by Gasteiger charge is -2.34. The SMILES string of the molecule is CC1CN(C(=O)c2ccc(C#N)cn2)CCC1O. The summed E-state index contributed by atoms with van der Waals surface area (Å²) in [5.41, 5.74) is 0.784. The van der Waals surface area contributed by atoms with Crippen LogP contribution >= 0.6 is 0 Å². The molecule has 0 bridgehead atoms. The van der Waals surface area contributed by atoms with E-state index in [4.69, 9.17) is 5.26 Å². The molecule has 1 aromatic rings. The molecule has 94 valence electrons. The van der Waals surface area contributed by atoms with E-state index >= 15 is 0 Å². The van der Waals surface area contributed by atoms with Gasteiger partial charge in [-0.05, 0) is 24.5 Å². The lowest BCUT2D eigenvalue weighted by atomic mass is 9.96. The van der Waals surface area contributed by atoms with Crippen LogP contribution in [0.1, 0.15) is 29.4 Å². The summed E-state index contributed by atoms with van der Waals surface area (Å²) in [6, 6.07) is 5.12. The van der Waals surface area contributed by atoms with Crippen LogP contribution in [-0.2, 0) is 0 Å². The average molecular weight is 245 g/mol. The van der Waals surface area contributed by atoms with Crippen LogP contribution in [0.4, 0.5) is 0 Å². The third-order valence-corrected chi connectivity index (χ3v) is 3.26. The number of hydrogen-bond donors (Lipinski definition) is 1. The molecular weight excluding hydrogens is 230 g/mol. The Balaban J connectivity index is 2.09. The molecule has 1 amide bonds. The van der Waals surface area contributed by atoms with Gasteiger partial charge in [0.05, 0.1) is 11.7 Å². The first-order valence-corrected chi connectivity index (χ1v) is 5.95. The van der Waals surface area contributed by atoms with Crippen LogP contribution < -0.4 is 0 Å². The van der Waals surface area contributed by atoms with Crippen molar-refractivity contribution in [1.29, 1.82) is 5.26 Å². The third kappa shape index (κ3) is 2.49. The Morgan fingerprint density at radius 1 is 1.61 bits per heavy atom. The van der Waals surface area contributed by atoms with Crippen LogP contribution in [0, 0.1) is 17.2 Å². The first-order chi connectivity index (χ1) is 8.61. The summed E-state index contributed by atoms with van der Waals surface area (Å²) in [7, 11) is 0. The van der Waals surface area contributed by atoms with Crippen molar-refractivity contribution in [2.45, 2.75) is 19.4 Å². The van der Waals surface area contributed by atoms with Crippen molar-refractivity contribution < 1.29 is 9.90 Å². The second-order valence-corrected chi connectivity index (χ2v) is 4.63. The molecular formula is C13H15N3O2. The number of amides is 1. The van der Waals surface area contributed by atoms with Gasteiger partial charge in [0.1, 0.15) is 11.8 Å². The van der Waals surface area contributed by atoms with E-state index in [9.17, 15) is 9.90 Å². The maximum atomic E-state index is 12.2. The van der Waals surface area contributed by atoms with Crippen LogP contribution in [0.5, 0.6) is 0 Å². The third-order valence-electron chi connectivity index (χ3n) is 3.26. The fraction of sp³-hybridized carbons (Fsp3) is 0.462. The van der Waals surface area contributed by atoms with E-state index in [-0.39, 0.29) is 17.9 Å². The largest absolute Gasteiger partial charge is 0.393 e. The van der Waals surface area contributed by atoms with Gasteiger partial charge in [0.2, 0.25) is 0 Å². The summed E-state index contributed by atoms with van der Waals surface area (Å²) in [5.74, 6) is -0.0562. The molecule has 2 heterocycles. The van der Waals surface area contributed by atoms with Gasteiger partial charge < -0.3 is 10.0 Å². The number of pyridine rings is 1. The summed E-state index contributed by atoms with van der Waals surface area (Å²) >= 11 is 0. The summed E-state index contributed by atoms with van der Waals surface area (Å²) in [5, 5.41) is 18.3. The Morgan fingerprint density at radius 2 is 2.39 bits per heavy atom. The van der Waals surface area contributed by atoms with Crippen LogP contribution in [-0.4, -0.2) is 40.1 Å². The van der Waals surface area contributed by atoms with Gasteiger partial charge in [0.25, 0.3) is 5.91 Å². The molecule has 2 unspecified atom stereocenters. The maximum absolute atomic E-state index is 12.2. The van der Waals surface area contributed by atoms with Crippen molar-refractivity contribution in [2.24, 2.45) is 5.92 Å². The molecule has 0 spiro atoms. The molecule has 1 aromatic heterocycles. The summed E-state index contributed by atoms with van der Waals surface area (Å²) < 4.78 is 0. The molecule has 1 saturated heterocycles. The highest BCUT2D eigenvalue weighted by Crippen LogP contribution is 2.18. The predicted molar refractivity (Wildman–Crippen MR) is 64.6 cm³/mol. The minimum absolute atomic E-state index is 0.0843. The molecule has 1 fully saturated rings. The van der Waals surface area contributed by atoms with Gasteiger partial charge in [0, 0.05) is 19.3 Å². The molecule has 0 radical (unpaired) electrons. The summed E-state index contributed by atoms with van der Waals surface area (Å²) in [6.45, 7) is 3.02. The first kappa shape index (κ1) is 12.5. The van der Waals surface area contributed by atoms with Gasteiger partial charge in [-0.15, -0.1) is 0 Å². The monoisotopic (exact) mass is 245 g/mol. The lowest BCUT2D eigenvalue weighted by Crippen LogP contribution is -2.45. The highest BCUT2D eigenvalue weighted by atomic mass is 16.3. The molecule has 5 heteroatoms. The van der Waals surface area contributed by atoms with E-state index in [0.29, 0.717) is 30.8 Å². The van der Waals surface area contributed by atoms with Crippen LogP contribution in [0.2, 0.25) is 0 Å². The van der Waals surface area contributed by atoms with Crippen LogP contribution in [0.15, 0.2) is 18.3 Å². The summed E-state index contributed by atoms with van der Waals surface area (Å²) in [6.07, 6.45) is 1.67.